The Bertz CT molecular complexity index is 942. The minimum atomic E-state index is 0.0116. The molecule has 3 aromatic rings. The Morgan fingerprint density at radius 2 is 1.93 bits per heavy atom. The van der Waals surface area contributed by atoms with E-state index in [-0.39, 0.29) is 11.9 Å². The van der Waals surface area contributed by atoms with Gasteiger partial charge >= 0.3 is 0 Å². The summed E-state index contributed by atoms with van der Waals surface area (Å²) in [6.07, 6.45) is 7.62. The van der Waals surface area contributed by atoms with E-state index >= 15 is 0 Å². The molecule has 0 aliphatic heterocycles. The fourth-order valence-electron chi connectivity index (χ4n) is 4.03. The number of benzene rings is 2. The summed E-state index contributed by atoms with van der Waals surface area (Å²) >= 11 is 0. The summed E-state index contributed by atoms with van der Waals surface area (Å²) in [7, 11) is 0. The van der Waals surface area contributed by atoms with E-state index in [1.165, 1.54) is 24.8 Å². The summed E-state index contributed by atoms with van der Waals surface area (Å²) in [5.74, 6) is 0.564. The zero-order valence-corrected chi connectivity index (χ0v) is 16.1. The van der Waals surface area contributed by atoms with Crippen molar-refractivity contribution in [2.24, 2.45) is 5.92 Å². The number of aromatic nitrogens is 2. The van der Waals surface area contributed by atoms with Crippen LogP contribution in [-0.4, -0.2) is 21.5 Å². The van der Waals surface area contributed by atoms with Gasteiger partial charge in [-0.25, -0.2) is 4.98 Å². The number of carbonyl (C=O) groups excluding carboxylic acids is 1. The van der Waals surface area contributed by atoms with Crippen LogP contribution < -0.4 is 5.32 Å². The van der Waals surface area contributed by atoms with Crippen LogP contribution in [0, 0.1) is 5.92 Å². The Hall–Kier alpha value is -2.62. The van der Waals surface area contributed by atoms with Crippen LogP contribution in [0.5, 0.6) is 0 Å². The molecule has 1 aliphatic rings. The molecule has 1 fully saturated rings. The second-order valence-corrected chi connectivity index (χ2v) is 7.68. The lowest BCUT2D eigenvalue weighted by Crippen LogP contribution is -2.41. The van der Waals surface area contributed by atoms with Gasteiger partial charge in [0, 0.05) is 17.3 Å². The summed E-state index contributed by atoms with van der Waals surface area (Å²) in [5, 5.41) is 3.23. The van der Waals surface area contributed by atoms with Crippen LogP contribution in [0.25, 0.3) is 16.7 Å². The number of imidazole rings is 1. The van der Waals surface area contributed by atoms with E-state index in [4.69, 9.17) is 0 Å². The van der Waals surface area contributed by atoms with Crippen molar-refractivity contribution in [3.63, 3.8) is 0 Å². The van der Waals surface area contributed by atoms with Crippen molar-refractivity contribution in [1.82, 2.24) is 14.9 Å². The van der Waals surface area contributed by atoms with Crippen LogP contribution in [0.15, 0.2) is 48.8 Å². The van der Waals surface area contributed by atoms with Gasteiger partial charge in [0.15, 0.2) is 0 Å². The third kappa shape index (κ3) is 3.61. The van der Waals surface area contributed by atoms with Crippen LogP contribution in [0.3, 0.4) is 0 Å². The molecule has 1 N–H and O–H groups in total. The minimum absolute atomic E-state index is 0.0116. The molecule has 1 aromatic heterocycles. The summed E-state index contributed by atoms with van der Waals surface area (Å²) in [6.45, 7) is 4.39. The van der Waals surface area contributed by atoms with E-state index in [1.807, 2.05) is 24.5 Å². The number of hydrogen-bond acceptors (Lipinski definition) is 2. The van der Waals surface area contributed by atoms with Crippen LogP contribution in [0.2, 0.25) is 0 Å². The highest BCUT2D eigenvalue weighted by Crippen LogP contribution is 2.25. The van der Waals surface area contributed by atoms with Gasteiger partial charge in [-0.05, 0) is 61.1 Å². The Balaban J connectivity index is 1.57. The number of rotatable bonds is 4. The number of nitrogens with one attached hydrogen (secondary N) is 1. The van der Waals surface area contributed by atoms with Crippen molar-refractivity contribution in [3.05, 3.63) is 59.9 Å². The SMILES string of the molecule is CCc1ccc(-n2cnc3cc(C(=O)NC4CCCCC4C)ccc32)cc1. The second kappa shape index (κ2) is 7.55. The minimum Gasteiger partial charge on any atom is -0.349 e. The van der Waals surface area contributed by atoms with Gasteiger partial charge in [0.05, 0.1) is 11.0 Å². The third-order valence-corrected chi connectivity index (χ3v) is 5.86. The molecule has 4 nitrogen and oxygen atoms in total. The van der Waals surface area contributed by atoms with Gasteiger partial charge in [-0.2, -0.15) is 0 Å². The molecule has 1 aliphatic carbocycles. The largest absolute Gasteiger partial charge is 0.349 e. The van der Waals surface area contributed by atoms with Crippen molar-refractivity contribution in [3.8, 4) is 5.69 Å². The van der Waals surface area contributed by atoms with Crippen LogP contribution in [0.1, 0.15) is 55.5 Å². The van der Waals surface area contributed by atoms with Crippen molar-refractivity contribution in [1.29, 1.82) is 0 Å². The van der Waals surface area contributed by atoms with Crippen LogP contribution in [-0.2, 0) is 6.42 Å². The first-order chi connectivity index (χ1) is 13.2. The zero-order valence-electron chi connectivity index (χ0n) is 16.1. The molecule has 2 unspecified atom stereocenters. The van der Waals surface area contributed by atoms with Crippen molar-refractivity contribution in [2.75, 3.05) is 0 Å². The molecule has 4 heteroatoms. The van der Waals surface area contributed by atoms with E-state index in [9.17, 15) is 4.79 Å². The van der Waals surface area contributed by atoms with Gasteiger partial charge in [-0.3, -0.25) is 9.36 Å². The fourth-order valence-corrected chi connectivity index (χ4v) is 4.03. The van der Waals surface area contributed by atoms with E-state index in [1.54, 1.807) is 0 Å². The molecular formula is C23H27N3O. The molecular weight excluding hydrogens is 334 g/mol. The van der Waals surface area contributed by atoms with Gasteiger partial charge in [0.2, 0.25) is 0 Å². The van der Waals surface area contributed by atoms with E-state index in [0.29, 0.717) is 11.5 Å². The average Bonchev–Trinajstić information content (AvgIpc) is 3.13. The Morgan fingerprint density at radius 3 is 2.67 bits per heavy atom. The predicted octanol–water partition coefficient (Wildman–Crippen LogP) is 4.90. The first kappa shape index (κ1) is 17.8. The molecule has 1 amide bonds. The molecule has 2 atom stereocenters. The highest BCUT2D eigenvalue weighted by Gasteiger charge is 2.23. The monoisotopic (exact) mass is 361 g/mol. The molecule has 4 rings (SSSR count). The summed E-state index contributed by atoms with van der Waals surface area (Å²) in [6, 6.07) is 14.6. The fraction of sp³-hybridized carbons (Fsp3) is 0.391. The summed E-state index contributed by atoms with van der Waals surface area (Å²) < 4.78 is 2.07. The molecule has 1 saturated carbocycles. The maximum Gasteiger partial charge on any atom is 0.251 e. The third-order valence-electron chi connectivity index (χ3n) is 5.86. The van der Waals surface area contributed by atoms with Gasteiger partial charge in [0.25, 0.3) is 5.91 Å². The topological polar surface area (TPSA) is 46.9 Å². The van der Waals surface area contributed by atoms with E-state index in [0.717, 1.165) is 29.6 Å². The molecule has 140 valence electrons. The van der Waals surface area contributed by atoms with Crippen molar-refractivity contribution < 1.29 is 4.79 Å². The molecule has 0 spiro atoms. The average molecular weight is 361 g/mol. The number of fused-ring (bicyclic) bond motifs is 1. The zero-order chi connectivity index (χ0) is 18.8. The smallest absolute Gasteiger partial charge is 0.251 e. The maximum atomic E-state index is 12.7. The van der Waals surface area contributed by atoms with Crippen molar-refractivity contribution in [2.45, 2.75) is 52.0 Å². The van der Waals surface area contributed by atoms with Gasteiger partial charge in [-0.15, -0.1) is 0 Å². The van der Waals surface area contributed by atoms with E-state index < -0.39 is 0 Å². The number of carbonyl (C=O) groups is 1. The lowest BCUT2D eigenvalue weighted by atomic mass is 9.86. The molecule has 27 heavy (non-hydrogen) atoms. The number of amides is 1. The van der Waals surface area contributed by atoms with Gasteiger partial charge in [0.1, 0.15) is 6.33 Å². The van der Waals surface area contributed by atoms with Gasteiger partial charge < -0.3 is 5.32 Å². The molecule has 1 heterocycles. The highest BCUT2D eigenvalue weighted by molar-refractivity contribution is 5.97. The Labute approximate surface area is 160 Å². The number of hydrogen-bond donors (Lipinski definition) is 1. The van der Waals surface area contributed by atoms with Crippen molar-refractivity contribution >= 4 is 16.9 Å². The molecule has 2 aromatic carbocycles. The normalized spacial score (nSPS) is 19.9. The van der Waals surface area contributed by atoms with E-state index in [2.05, 4.69) is 53.0 Å². The Kier molecular flexibility index (Phi) is 4.97. The van der Waals surface area contributed by atoms with Crippen LogP contribution in [0.4, 0.5) is 0 Å². The molecule has 0 radical (unpaired) electrons. The first-order valence-corrected chi connectivity index (χ1v) is 10.0. The highest BCUT2D eigenvalue weighted by atomic mass is 16.1. The summed E-state index contributed by atoms with van der Waals surface area (Å²) in [5.41, 5.74) is 4.95. The number of aryl methyl sites for hydroxylation is 1. The maximum absolute atomic E-state index is 12.7. The Morgan fingerprint density at radius 1 is 1.15 bits per heavy atom. The first-order valence-electron chi connectivity index (χ1n) is 10.0. The number of nitrogens with zero attached hydrogens (tertiary/aromatic N) is 2. The predicted molar refractivity (Wildman–Crippen MR) is 109 cm³/mol. The quantitative estimate of drug-likeness (QED) is 0.719. The standard InChI is InChI=1S/C23H27N3O/c1-3-17-8-11-19(12-9-17)26-15-24-21-14-18(10-13-22(21)26)23(27)25-20-7-5-4-6-16(20)2/h8-16,20H,3-7H2,1-2H3,(H,25,27). The van der Waals surface area contributed by atoms with Gasteiger partial charge in [-0.1, -0.05) is 38.8 Å². The lowest BCUT2D eigenvalue weighted by Gasteiger charge is -2.29. The summed E-state index contributed by atoms with van der Waals surface area (Å²) in [4.78, 5) is 17.2. The molecule has 0 saturated heterocycles. The second-order valence-electron chi connectivity index (χ2n) is 7.68. The lowest BCUT2D eigenvalue weighted by molar-refractivity contribution is 0.0910. The van der Waals surface area contributed by atoms with Crippen LogP contribution >= 0.6 is 0 Å². The molecule has 0 bridgehead atoms.